The number of methoxy groups -OCH3 is 2. The molecule has 0 bridgehead atoms. The van der Waals surface area contributed by atoms with E-state index < -0.39 is 17.4 Å². The molecule has 0 N–H and O–H groups in total. The molecule has 5 heteroatoms. The molecule has 2 rings (SSSR count). The van der Waals surface area contributed by atoms with Gasteiger partial charge in [0.2, 0.25) is 0 Å². The van der Waals surface area contributed by atoms with Gasteiger partial charge in [0, 0.05) is 18.4 Å². The first-order valence-corrected chi connectivity index (χ1v) is 8.41. The third kappa shape index (κ3) is 3.47. The highest BCUT2D eigenvalue weighted by Gasteiger charge is 2.54. The van der Waals surface area contributed by atoms with E-state index in [0.29, 0.717) is 11.1 Å². The molecule has 0 fully saturated rings. The van der Waals surface area contributed by atoms with Gasteiger partial charge in [0.1, 0.15) is 0 Å². The van der Waals surface area contributed by atoms with Crippen LogP contribution in [0.25, 0.3) is 6.08 Å². The number of hydrogen-bond donors (Lipinski definition) is 0. The topological polar surface area (TPSA) is 69.7 Å². The van der Waals surface area contributed by atoms with Gasteiger partial charge in [-0.05, 0) is 43.0 Å². The lowest BCUT2D eigenvalue weighted by atomic mass is 9.83. The molecule has 0 unspecified atom stereocenters. The molecule has 0 saturated carbocycles. The molecule has 0 aromatic heterocycles. The van der Waals surface area contributed by atoms with Crippen molar-refractivity contribution in [2.75, 3.05) is 14.2 Å². The van der Waals surface area contributed by atoms with Gasteiger partial charge >= 0.3 is 11.9 Å². The van der Waals surface area contributed by atoms with E-state index in [0.717, 1.165) is 16.7 Å². The predicted octanol–water partition coefficient (Wildman–Crippen LogP) is 3.41. The normalized spacial score (nSPS) is 16.4. The lowest BCUT2D eigenvalue weighted by Gasteiger charge is -2.23. The van der Waals surface area contributed by atoms with E-state index in [9.17, 15) is 14.4 Å². The Balaban J connectivity index is 2.53. The number of rotatable bonds is 5. The van der Waals surface area contributed by atoms with Crippen molar-refractivity contribution in [3.05, 3.63) is 52.1 Å². The fourth-order valence-electron chi connectivity index (χ4n) is 3.43. The number of benzene rings is 1. The van der Waals surface area contributed by atoms with Gasteiger partial charge in [-0.2, -0.15) is 0 Å². The number of Topliss-reactive ketones (excluding diaryl/α,β-unsaturated/α-hetero) is 1. The van der Waals surface area contributed by atoms with Crippen LogP contribution in [0.5, 0.6) is 0 Å². The van der Waals surface area contributed by atoms with E-state index in [1.165, 1.54) is 21.1 Å². The zero-order chi connectivity index (χ0) is 19.5. The summed E-state index contributed by atoms with van der Waals surface area (Å²) in [6, 6.07) is 7.88. The first-order chi connectivity index (χ1) is 12.3. The number of ketones is 1. The summed E-state index contributed by atoms with van der Waals surface area (Å²) < 4.78 is 9.71. The summed E-state index contributed by atoms with van der Waals surface area (Å²) >= 11 is 0. The van der Waals surface area contributed by atoms with Gasteiger partial charge in [-0.3, -0.25) is 14.4 Å². The Morgan fingerprint density at radius 2 is 1.50 bits per heavy atom. The van der Waals surface area contributed by atoms with Crippen LogP contribution in [0.2, 0.25) is 0 Å². The van der Waals surface area contributed by atoms with E-state index >= 15 is 0 Å². The summed E-state index contributed by atoms with van der Waals surface area (Å²) in [5.74, 6) is -1.52. The Morgan fingerprint density at radius 1 is 0.962 bits per heavy atom. The molecule has 0 heterocycles. The second-order valence-electron chi connectivity index (χ2n) is 6.62. The fraction of sp³-hybridized carbons (Fsp3) is 0.381. The first-order valence-electron chi connectivity index (χ1n) is 8.41. The number of ether oxygens (including phenoxy) is 2. The number of hydrogen-bond acceptors (Lipinski definition) is 5. The molecule has 0 amide bonds. The molecule has 138 valence electrons. The molecule has 1 aliphatic rings. The van der Waals surface area contributed by atoms with Crippen LogP contribution in [0, 0.1) is 12.3 Å². The van der Waals surface area contributed by atoms with Gasteiger partial charge in [0.25, 0.3) is 0 Å². The first kappa shape index (κ1) is 19.6. The van der Waals surface area contributed by atoms with Gasteiger partial charge in [0.05, 0.1) is 14.2 Å². The number of carbonyl (C=O) groups is 3. The molecule has 0 saturated heterocycles. The monoisotopic (exact) mass is 356 g/mol. The third-order valence-corrected chi connectivity index (χ3v) is 4.94. The molecule has 1 aromatic rings. The second-order valence-corrected chi connectivity index (χ2v) is 6.62. The fourth-order valence-corrected chi connectivity index (χ4v) is 3.43. The summed E-state index contributed by atoms with van der Waals surface area (Å²) in [5.41, 5.74) is 2.65. The molecule has 0 spiro atoms. The van der Waals surface area contributed by atoms with Crippen molar-refractivity contribution >= 4 is 23.8 Å². The maximum absolute atomic E-state index is 12.4. The van der Waals surface area contributed by atoms with Crippen molar-refractivity contribution in [1.29, 1.82) is 0 Å². The zero-order valence-electron chi connectivity index (χ0n) is 15.8. The highest BCUT2D eigenvalue weighted by molar-refractivity contribution is 6.06. The van der Waals surface area contributed by atoms with E-state index in [2.05, 4.69) is 0 Å². The van der Waals surface area contributed by atoms with Crippen molar-refractivity contribution in [3.63, 3.8) is 0 Å². The van der Waals surface area contributed by atoms with Crippen LogP contribution < -0.4 is 0 Å². The lowest BCUT2D eigenvalue weighted by molar-refractivity contribution is -0.168. The van der Waals surface area contributed by atoms with Gasteiger partial charge in [-0.25, -0.2) is 0 Å². The molecular formula is C21H24O5. The average Bonchev–Trinajstić information content (AvgIpc) is 3.04. The van der Waals surface area contributed by atoms with Crippen molar-refractivity contribution in [2.45, 2.75) is 33.6 Å². The Hall–Kier alpha value is -2.69. The molecule has 0 aliphatic heterocycles. The van der Waals surface area contributed by atoms with Crippen LogP contribution in [0.3, 0.4) is 0 Å². The number of carbonyl (C=O) groups excluding carboxylic acids is 3. The molecule has 0 radical (unpaired) electrons. The van der Waals surface area contributed by atoms with Gasteiger partial charge < -0.3 is 9.47 Å². The Labute approximate surface area is 153 Å². The number of aryl methyl sites for hydroxylation is 1. The highest BCUT2D eigenvalue weighted by Crippen LogP contribution is 2.47. The maximum atomic E-state index is 12.4. The quantitative estimate of drug-likeness (QED) is 0.597. The largest absolute Gasteiger partial charge is 0.468 e. The SMILES string of the molecule is COC(=O)C1(C(=O)OC)CC(C(C)=O)=C(/C(C)=C/c2ccccc2C)C1. The molecular weight excluding hydrogens is 332 g/mol. The minimum Gasteiger partial charge on any atom is -0.468 e. The predicted molar refractivity (Wildman–Crippen MR) is 98.2 cm³/mol. The van der Waals surface area contributed by atoms with Gasteiger partial charge in [-0.15, -0.1) is 0 Å². The smallest absolute Gasteiger partial charge is 0.323 e. The summed E-state index contributed by atoms with van der Waals surface area (Å²) in [5, 5.41) is 0. The molecule has 1 aromatic carbocycles. The van der Waals surface area contributed by atoms with E-state index in [4.69, 9.17) is 9.47 Å². The molecule has 0 atom stereocenters. The van der Waals surface area contributed by atoms with Gasteiger partial charge in [0.15, 0.2) is 11.2 Å². The molecule has 26 heavy (non-hydrogen) atoms. The van der Waals surface area contributed by atoms with Crippen molar-refractivity contribution in [2.24, 2.45) is 5.41 Å². The Morgan fingerprint density at radius 3 is 2.00 bits per heavy atom. The van der Waals surface area contributed by atoms with Crippen LogP contribution >= 0.6 is 0 Å². The van der Waals surface area contributed by atoms with Gasteiger partial charge in [-0.1, -0.05) is 30.3 Å². The maximum Gasteiger partial charge on any atom is 0.323 e. The van der Waals surface area contributed by atoms with Crippen LogP contribution in [0.15, 0.2) is 41.0 Å². The minimum absolute atomic E-state index is 0.00400. The van der Waals surface area contributed by atoms with E-state index in [1.807, 2.05) is 44.2 Å². The van der Waals surface area contributed by atoms with Crippen molar-refractivity contribution in [3.8, 4) is 0 Å². The summed E-state index contributed by atoms with van der Waals surface area (Å²) in [4.78, 5) is 37.0. The van der Waals surface area contributed by atoms with Crippen LogP contribution in [-0.4, -0.2) is 31.9 Å². The second kappa shape index (κ2) is 7.68. The van der Waals surface area contributed by atoms with E-state index in [-0.39, 0.29) is 18.6 Å². The standard InChI is InChI=1S/C21H24O5/c1-13-8-6-7-9-16(13)10-14(2)17-11-21(19(23)25-4,20(24)26-5)12-18(17)15(3)22/h6-10H,11-12H2,1-5H3/b14-10+. The zero-order valence-corrected chi connectivity index (χ0v) is 15.8. The summed E-state index contributed by atoms with van der Waals surface area (Å²) in [6.07, 6.45) is 2.06. The minimum atomic E-state index is -1.50. The highest BCUT2D eigenvalue weighted by atomic mass is 16.5. The van der Waals surface area contributed by atoms with Crippen LogP contribution in [0.1, 0.15) is 37.8 Å². The number of esters is 2. The summed E-state index contributed by atoms with van der Waals surface area (Å²) in [6.45, 7) is 5.33. The summed E-state index contributed by atoms with van der Waals surface area (Å²) in [7, 11) is 2.46. The van der Waals surface area contributed by atoms with Crippen molar-refractivity contribution < 1.29 is 23.9 Å². The van der Waals surface area contributed by atoms with Crippen LogP contribution in [-0.2, 0) is 23.9 Å². The van der Waals surface area contributed by atoms with Crippen LogP contribution in [0.4, 0.5) is 0 Å². The van der Waals surface area contributed by atoms with Crippen molar-refractivity contribution in [1.82, 2.24) is 0 Å². The molecule has 1 aliphatic carbocycles. The third-order valence-electron chi connectivity index (χ3n) is 4.94. The average molecular weight is 356 g/mol. The van der Waals surface area contributed by atoms with E-state index in [1.54, 1.807) is 0 Å². The Bertz CT molecular complexity index is 797. The number of allylic oxidation sites excluding steroid dienone is 3. The Kier molecular flexibility index (Phi) is 5.80. The molecule has 5 nitrogen and oxygen atoms in total. The lowest BCUT2D eigenvalue weighted by Crippen LogP contribution is -2.39.